The molecule has 9 heteroatoms. The Kier molecular flexibility index (Phi) is 7.76. The molecule has 1 amide bonds. The lowest BCUT2D eigenvalue weighted by molar-refractivity contribution is -0.384. The molecule has 1 aromatic heterocycles. The minimum atomic E-state index is -0.457. The lowest BCUT2D eigenvalue weighted by Crippen LogP contribution is -2.30. The lowest BCUT2D eigenvalue weighted by atomic mass is 10.0. The number of carbonyl (C=O) groups is 1. The van der Waals surface area contributed by atoms with Crippen LogP contribution in [0, 0.1) is 24.0 Å². The van der Waals surface area contributed by atoms with E-state index in [2.05, 4.69) is 0 Å². The summed E-state index contributed by atoms with van der Waals surface area (Å²) in [7, 11) is 4.92. The molecular formula is C29H30N4O5. The molecule has 0 bridgehead atoms. The van der Waals surface area contributed by atoms with Gasteiger partial charge < -0.3 is 14.4 Å². The van der Waals surface area contributed by atoms with Gasteiger partial charge in [0.15, 0.2) is 11.5 Å². The Morgan fingerprint density at radius 3 is 2.29 bits per heavy atom. The van der Waals surface area contributed by atoms with Gasteiger partial charge in [-0.05, 0) is 73.4 Å². The summed E-state index contributed by atoms with van der Waals surface area (Å²) >= 11 is 0. The molecule has 38 heavy (non-hydrogen) atoms. The molecule has 0 aliphatic carbocycles. The summed E-state index contributed by atoms with van der Waals surface area (Å²) in [6.07, 6.45) is 0.609. The summed E-state index contributed by atoms with van der Waals surface area (Å²) in [4.78, 5) is 26.0. The van der Waals surface area contributed by atoms with E-state index in [-0.39, 0.29) is 11.6 Å². The van der Waals surface area contributed by atoms with Gasteiger partial charge in [-0.1, -0.05) is 18.2 Å². The van der Waals surface area contributed by atoms with E-state index in [1.165, 1.54) is 12.1 Å². The highest BCUT2D eigenvalue weighted by Crippen LogP contribution is 2.28. The molecule has 0 saturated carbocycles. The van der Waals surface area contributed by atoms with E-state index >= 15 is 0 Å². The van der Waals surface area contributed by atoms with Crippen LogP contribution in [0.4, 0.5) is 5.69 Å². The number of benzene rings is 3. The number of ether oxygens (including phenoxy) is 2. The van der Waals surface area contributed by atoms with Crippen molar-refractivity contribution in [3.8, 4) is 28.4 Å². The van der Waals surface area contributed by atoms with E-state index in [1.54, 1.807) is 49.0 Å². The molecular weight excluding hydrogens is 484 g/mol. The predicted octanol–water partition coefficient (Wildman–Crippen LogP) is 5.40. The Balaban J connectivity index is 1.65. The maximum absolute atomic E-state index is 13.6. The van der Waals surface area contributed by atoms with Crippen molar-refractivity contribution >= 4 is 11.6 Å². The van der Waals surface area contributed by atoms with Gasteiger partial charge in [0.2, 0.25) is 0 Å². The SMILES string of the molecule is COc1ccc(CCN(C)C(=O)c2cc(-c3ccc(C)c(C)c3)nn2-c2ccc([N+](=O)[O-])cc2)cc1OC. The predicted molar refractivity (Wildman–Crippen MR) is 145 cm³/mol. The first kappa shape index (κ1) is 26.4. The number of aryl methyl sites for hydroxylation is 2. The van der Waals surface area contributed by atoms with Crippen LogP contribution in [-0.4, -0.2) is 53.3 Å². The first-order chi connectivity index (χ1) is 18.2. The maximum Gasteiger partial charge on any atom is 0.272 e. The van der Waals surface area contributed by atoms with Crippen LogP contribution in [0.2, 0.25) is 0 Å². The molecule has 0 unspecified atom stereocenters. The lowest BCUT2D eigenvalue weighted by Gasteiger charge is -2.18. The van der Waals surface area contributed by atoms with Crippen molar-refractivity contribution < 1.29 is 19.2 Å². The maximum atomic E-state index is 13.6. The monoisotopic (exact) mass is 514 g/mol. The average Bonchev–Trinajstić information content (AvgIpc) is 3.38. The average molecular weight is 515 g/mol. The highest BCUT2D eigenvalue weighted by Gasteiger charge is 2.22. The Hall–Kier alpha value is -4.66. The van der Waals surface area contributed by atoms with Crippen molar-refractivity contribution in [3.05, 3.63) is 99.2 Å². The molecule has 0 fully saturated rings. The molecule has 0 saturated heterocycles. The van der Waals surface area contributed by atoms with Crippen LogP contribution in [0.5, 0.6) is 11.5 Å². The molecule has 9 nitrogen and oxygen atoms in total. The van der Waals surface area contributed by atoms with Crippen molar-refractivity contribution in [1.29, 1.82) is 0 Å². The fourth-order valence-electron chi connectivity index (χ4n) is 4.12. The summed E-state index contributed by atoms with van der Waals surface area (Å²) in [6.45, 7) is 4.52. The number of likely N-dealkylation sites (N-methyl/N-ethyl adjacent to an activating group) is 1. The van der Waals surface area contributed by atoms with Crippen LogP contribution in [-0.2, 0) is 6.42 Å². The number of nitrogens with zero attached hydrogens (tertiary/aromatic N) is 4. The summed E-state index contributed by atoms with van der Waals surface area (Å²) < 4.78 is 12.2. The van der Waals surface area contributed by atoms with Gasteiger partial charge in [0, 0.05) is 31.3 Å². The highest BCUT2D eigenvalue weighted by atomic mass is 16.6. The smallest absolute Gasteiger partial charge is 0.272 e. The molecule has 0 N–H and O–H groups in total. The topological polar surface area (TPSA) is 99.7 Å². The Morgan fingerprint density at radius 2 is 1.66 bits per heavy atom. The van der Waals surface area contributed by atoms with E-state index in [4.69, 9.17) is 14.6 Å². The molecule has 1 heterocycles. The van der Waals surface area contributed by atoms with E-state index in [0.717, 1.165) is 22.3 Å². The third kappa shape index (κ3) is 5.51. The van der Waals surface area contributed by atoms with Gasteiger partial charge in [-0.3, -0.25) is 14.9 Å². The normalized spacial score (nSPS) is 10.8. The summed E-state index contributed by atoms with van der Waals surface area (Å²) in [6, 6.07) is 19.5. The van der Waals surface area contributed by atoms with E-state index in [1.807, 2.05) is 50.2 Å². The molecule has 0 atom stereocenters. The van der Waals surface area contributed by atoms with E-state index in [9.17, 15) is 14.9 Å². The van der Waals surface area contributed by atoms with E-state index < -0.39 is 4.92 Å². The zero-order chi connectivity index (χ0) is 27.4. The molecule has 0 aliphatic rings. The zero-order valence-corrected chi connectivity index (χ0v) is 22.1. The number of nitro benzene ring substituents is 1. The van der Waals surface area contributed by atoms with Crippen LogP contribution in [0.15, 0.2) is 66.7 Å². The minimum Gasteiger partial charge on any atom is -0.493 e. The second kappa shape index (κ2) is 11.2. The molecule has 0 radical (unpaired) electrons. The highest BCUT2D eigenvalue weighted by molar-refractivity contribution is 5.94. The third-order valence-corrected chi connectivity index (χ3v) is 6.57. The molecule has 196 valence electrons. The second-order valence-electron chi connectivity index (χ2n) is 9.07. The standard InChI is InChI=1S/C29H30N4O5/c1-19-6-8-22(16-20(19)2)25-18-26(32(30-25)23-9-11-24(12-10-23)33(35)36)29(34)31(3)15-14-21-7-13-27(37-4)28(17-21)38-5/h6-13,16-18H,14-15H2,1-5H3. The van der Waals surface area contributed by atoms with Gasteiger partial charge in [0.25, 0.3) is 11.6 Å². The minimum absolute atomic E-state index is 0.0322. The molecule has 3 aromatic carbocycles. The zero-order valence-electron chi connectivity index (χ0n) is 22.1. The first-order valence-electron chi connectivity index (χ1n) is 12.1. The van der Waals surface area contributed by atoms with Crippen LogP contribution in [0.1, 0.15) is 27.2 Å². The van der Waals surface area contributed by atoms with Gasteiger partial charge in [0.05, 0.1) is 30.5 Å². The number of carbonyl (C=O) groups excluding carboxylic acids is 1. The number of methoxy groups -OCH3 is 2. The van der Waals surface area contributed by atoms with Crippen molar-refractivity contribution in [2.75, 3.05) is 27.8 Å². The van der Waals surface area contributed by atoms with Gasteiger partial charge in [0.1, 0.15) is 5.69 Å². The number of non-ortho nitro benzene ring substituents is 1. The van der Waals surface area contributed by atoms with E-state index in [0.29, 0.717) is 41.5 Å². The number of hydrogen-bond acceptors (Lipinski definition) is 6. The van der Waals surface area contributed by atoms with Gasteiger partial charge in [-0.25, -0.2) is 4.68 Å². The number of amides is 1. The third-order valence-electron chi connectivity index (χ3n) is 6.57. The van der Waals surface area contributed by atoms with Crippen molar-refractivity contribution in [3.63, 3.8) is 0 Å². The Labute approximate surface area is 221 Å². The number of rotatable bonds is 9. The molecule has 4 aromatic rings. The summed E-state index contributed by atoms with van der Waals surface area (Å²) in [5, 5.41) is 15.9. The molecule has 0 aliphatic heterocycles. The van der Waals surface area contributed by atoms with Crippen LogP contribution < -0.4 is 9.47 Å². The largest absolute Gasteiger partial charge is 0.493 e. The first-order valence-corrected chi connectivity index (χ1v) is 12.1. The fraction of sp³-hybridized carbons (Fsp3) is 0.241. The number of aromatic nitrogens is 2. The van der Waals surface area contributed by atoms with Crippen LogP contribution in [0.25, 0.3) is 16.9 Å². The number of nitro groups is 1. The fourth-order valence-corrected chi connectivity index (χ4v) is 4.12. The Morgan fingerprint density at radius 1 is 0.947 bits per heavy atom. The number of hydrogen-bond donors (Lipinski definition) is 0. The Bertz CT molecular complexity index is 1480. The van der Waals surface area contributed by atoms with Gasteiger partial charge in [-0.15, -0.1) is 0 Å². The van der Waals surface area contributed by atoms with Crippen molar-refractivity contribution in [2.45, 2.75) is 20.3 Å². The summed E-state index contributed by atoms with van der Waals surface area (Å²) in [5.41, 5.74) is 5.70. The van der Waals surface area contributed by atoms with Crippen LogP contribution in [0.3, 0.4) is 0 Å². The summed E-state index contributed by atoms with van der Waals surface area (Å²) in [5.74, 6) is 1.06. The quantitative estimate of drug-likeness (QED) is 0.219. The van der Waals surface area contributed by atoms with Gasteiger partial charge >= 0.3 is 0 Å². The molecule has 0 spiro atoms. The van der Waals surface area contributed by atoms with Crippen LogP contribution >= 0.6 is 0 Å². The molecule has 4 rings (SSSR count). The van der Waals surface area contributed by atoms with Gasteiger partial charge in [-0.2, -0.15) is 5.10 Å². The second-order valence-corrected chi connectivity index (χ2v) is 9.07. The van der Waals surface area contributed by atoms with Crippen molar-refractivity contribution in [2.24, 2.45) is 0 Å². The van der Waals surface area contributed by atoms with Crippen molar-refractivity contribution in [1.82, 2.24) is 14.7 Å².